The molecule has 94 valence electrons. The summed E-state index contributed by atoms with van der Waals surface area (Å²) >= 11 is 0. The van der Waals surface area contributed by atoms with Crippen molar-refractivity contribution in [2.45, 2.75) is 57.0 Å². The van der Waals surface area contributed by atoms with Crippen LogP contribution in [0.5, 0.6) is 0 Å². The van der Waals surface area contributed by atoms with Crippen LogP contribution >= 0.6 is 0 Å². The Kier molecular flexibility index (Phi) is 3.85. The van der Waals surface area contributed by atoms with Crippen LogP contribution in [0.1, 0.15) is 43.2 Å². The molecule has 2 unspecified atom stereocenters. The van der Waals surface area contributed by atoms with Crippen molar-refractivity contribution in [1.82, 2.24) is 0 Å². The maximum Gasteiger partial charge on any atom is 0.0310 e. The number of rotatable bonds is 3. The normalized spacial score (nSPS) is 29.2. The van der Waals surface area contributed by atoms with Crippen LogP contribution < -0.4 is 11.5 Å². The molecule has 17 heavy (non-hydrogen) atoms. The summed E-state index contributed by atoms with van der Waals surface area (Å²) in [5.74, 6) is 0. The lowest BCUT2D eigenvalue weighted by molar-refractivity contribution is 0.237. The number of aryl methyl sites for hydroxylation is 2. The molecule has 1 aliphatic rings. The molecule has 0 bridgehead atoms. The van der Waals surface area contributed by atoms with E-state index in [2.05, 4.69) is 31.2 Å². The fraction of sp³-hybridized carbons (Fsp3) is 0.600. The van der Waals surface area contributed by atoms with Gasteiger partial charge in [0.05, 0.1) is 0 Å². The molecule has 0 heterocycles. The van der Waals surface area contributed by atoms with Crippen LogP contribution in [0.15, 0.2) is 24.3 Å². The Labute approximate surface area is 104 Å². The minimum absolute atomic E-state index is 0.136. The summed E-state index contributed by atoms with van der Waals surface area (Å²) in [6.45, 7) is 2.12. The van der Waals surface area contributed by atoms with Gasteiger partial charge in [0.2, 0.25) is 0 Å². The summed E-state index contributed by atoms with van der Waals surface area (Å²) in [5.41, 5.74) is 15.2. The second-order valence-electron chi connectivity index (χ2n) is 5.57. The van der Waals surface area contributed by atoms with Gasteiger partial charge >= 0.3 is 0 Å². The van der Waals surface area contributed by atoms with Gasteiger partial charge < -0.3 is 11.5 Å². The average Bonchev–Trinajstić information content (AvgIpc) is 2.33. The summed E-state index contributed by atoms with van der Waals surface area (Å²) in [4.78, 5) is 0. The van der Waals surface area contributed by atoms with E-state index in [1.54, 1.807) is 0 Å². The van der Waals surface area contributed by atoms with Crippen molar-refractivity contribution in [2.75, 3.05) is 0 Å². The highest BCUT2D eigenvalue weighted by atomic mass is 14.9. The zero-order chi connectivity index (χ0) is 12.3. The van der Waals surface area contributed by atoms with Crippen LogP contribution in [0.25, 0.3) is 0 Å². The molecule has 2 atom stereocenters. The van der Waals surface area contributed by atoms with Crippen molar-refractivity contribution in [3.8, 4) is 0 Å². The predicted molar refractivity (Wildman–Crippen MR) is 72.9 cm³/mol. The SMILES string of the molecule is Cc1ccc(CCC2(N)CCCCC2N)cc1. The molecule has 0 aromatic heterocycles. The minimum atomic E-state index is -0.136. The van der Waals surface area contributed by atoms with Gasteiger partial charge in [-0.2, -0.15) is 0 Å². The van der Waals surface area contributed by atoms with Crippen LogP contribution in [-0.2, 0) is 6.42 Å². The van der Waals surface area contributed by atoms with Gasteiger partial charge in [-0.3, -0.25) is 0 Å². The first-order valence-electron chi connectivity index (χ1n) is 6.70. The van der Waals surface area contributed by atoms with E-state index in [-0.39, 0.29) is 11.6 Å². The molecule has 2 rings (SSSR count). The largest absolute Gasteiger partial charge is 0.326 e. The van der Waals surface area contributed by atoms with Gasteiger partial charge in [-0.15, -0.1) is 0 Å². The van der Waals surface area contributed by atoms with Crippen LogP contribution in [0.4, 0.5) is 0 Å². The molecule has 1 aliphatic carbocycles. The molecule has 0 spiro atoms. The third-order valence-corrected chi connectivity index (χ3v) is 4.15. The van der Waals surface area contributed by atoms with E-state index in [0.717, 1.165) is 25.7 Å². The highest BCUT2D eigenvalue weighted by Gasteiger charge is 2.34. The standard InChI is InChI=1S/C15H24N2/c1-12-5-7-13(8-6-12)9-11-15(17)10-3-2-4-14(15)16/h5-8,14H,2-4,9-11,16-17H2,1H3. The second-order valence-corrected chi connectivity index (χ2v) is 5.57. The molecule has 2 nitrogen and oxygen atoms in total. The van der Waals surface area contributed by atoms with Crippen LogP contribution in [0.3, 0.4) is 0 Å². The van der Waals surface area contributed by atoms with E-state index in [1.165, 1.54) is 24.0 Å². The summed E-state index contributed by atoms with van der Waals surface area (Å²) in [7, 11) is 0. The Morgan fingerprint density at radius 2 is 1.94 bits per heavy atom. The summed E-state index contributed by atoms with van der Waals surface area (Å²) in [6.07, 6.45) is 6.70. The summed E-state index contributed by atoms with van der Waals surface area (Å²) in [5, 5.41) is 0. The quantitative estimate of drug-likeness (QED) is 0.841. The molecular weight excluding hydrogens is 208 g/mol. The van der Waals surface area contributed by atoms with E-state index >= 15 is 0 Å². The molecule has 1 fully saturated rings. The van der Waals surface area contributed by atoms with Crippen LogP contribution in [0, 0.1) is 6.92 Å². The molecule has 4 N–H and O–H groups in total. The maximum atomic E-state index is 6.46. The van der Waals surface area contributed by atoms with Crippen molar-refractivity contribution in [1.29, 1.82) is 0 Å². The van der Waals surface area contributed by atoms with E-state index < -0.39 is 0 Å². The summed E-state index contributed by atoms with van der Waals surface area (Å²) < 4.78 is 0. The van der Waals surface area contributed by atoms with Gasteiger partial charge in [0.15, 0.2) is 0 Å². The van der Waals surface area contributed by atoms with Crippen molar-refractivity contribution < 1.29 is 0 Å². The Bertz CT molecular complexity index is 358. The first-order valence-corrected chi connectivity index (χ1v) is 6.70. The lowest BCUT2D eigenvalue weighted by atomic mass is 9.75. The second kappa shape index (κ2) is 5.19. The zero-order valence-electron chi connectivity index (χ0n) is 10.8. The third-order valence-electron chi connectivity index (χ3n) is 4.15. The third kappa shape index (κ3) is 3.08. The molecule has 1 aromatic carbocycles. The molecule has 2 heteroatoms. The fourth-order valence-corrected chi connectivity index (χ4v) is 2.73. The maximum absolute atomic E-state index is 6.46. The number of hydrogen-bond donors (Lipinski definition) is 2. The smallest absolute Gasteiger partial charge is 0.0310 e. The van der Waals surface area contributed by atoms with Crippen molar-refractivity contribution in [2.24, 2.45) is 11.5 Å². The first kappa shape index (κ1) is 12.6. The lowest BCUT2D eigenvalue weighted by Crippen LogP contribution is -2.57. The first-order chi connectivity index (χ1) is 8.10. The fourth-order valence-electron chi connectivity index (χ4n) is 2.73. The van der Waals surface area contributed by atoms with Gasteiger partial charge in [-0.25, -0.2) is 0 Å². The predicted octanol–water partition coefficient (Wildman–Crippen LogP) is 2.53. The number of benzene rings is 1. The van der Waals surface area contributed by atoms with Gasteiger partial charge in [-0.1, -0.05) is 42.7 Å². The molecule has 1 saturated carbocycles. The highest BCUT2D eigenvalue weighted by molar-refractivity contribution is 5.21. The minimum Gasteiger partial charge on any atom is -0.326 e. The topological polar surface area (TPSA) is 52.0 Å². The van der Waals surface area contributed by atoms with Gasteiger partial charge in [-0.05, 0) is 38.2 Å². The highest BCUT2D eigenvalue weighted by Crippen LogP contribution is 2.29. The van der Waals surface area contributed by atoms with Gasteiger partial charge in [0.25, 0.3) is 0 Å². The van der Waals surface area contributed by atoms with E-state index in [9.17, 15) is 0 Å². The Morgan fingerprint density at radius 1 is 1.24 bits per heavy atom. The van der Waals surface area contributed by atoms with Crippen LogP contribution in [-0.4, -0.2) is 11.6 Å². The Hall–Kier alpha value is -0.860. The molecule has 1 aromatic rings. The lowest BCUT2D eigenvalue weighted by Gasteiger charge is -2.39. The number of nitrogens with two attached hydrogens (primary N) is 2. The van der Waals surface area contributed by atoms with E-state index in [1.807, 2.05) is 0 Å². The Morgan fingerprint density at radius 3 is 2.59 bits per heavy atom. The van der Waals surface area contributed by atoms with Crippen molar-refractivity contribution >= 4 is 0 Å². The molecule has 0 aliphatic heterocycles. The van der Waals surface area contributed by atoms with Crippen molar-refractivity contribution in [3.63, 3.8) is 0 Å². The molecular formula is C15H24N2. The van der Waals surface area contributed by atoms with Gasteiger partial charge in [0, 0.05) is 11.6 Å². The monoisotopic (exact) mass is 232 g/mol. The van der Waals surface area contributed by atoms with E-state index in [0.29, 0.717) is 0 Å². The number of hydrogen-bond acceptors (Lipinski definition) is 2. The molecule has 0 radical (unpaired) electrons. The average molecular weight is 232 g/mol. The van der Waals surface area contributed by atoms with Gasteiger partial charge in [0.1, 0.15) is 0 Å². The van der Waals surface area contributed by atoms with Crippen molar-refractivity contribution in [3.05, 3.63) is 35.4 Å². The summed E-state index contributed by atoms with van der Waals surface area (Å²) in [6, 6.07) is 8.92. The van der Waals surface area contributed by atoms with Crippen LogP contribution in [0.2, 0.25) is 0 Å². The molecule has 0 amide bonds. The van der Waals surface area contributed by atoms with E-state index in [4.69, 9.17) is 11.5 Å². The zero-order valence-corrected chi connectivity index (χ0v) is 10.8. The molecule has 0 saturated heterocycles. The Balaban J connectivity index is 1.94.